The first-order valence-corrected chi connectivity index (χ1v) is 8.18. The third-order valence-corrected chi connectivity index (χ3v) is 4.48. The number of fused-ring (bicyclic) bond motifs is 1. The molecule has 0 aliphatic rings. The molecular weight excluding hydrogens is 328 g/mol. The van der Waals surface area contributed by atoms with Crippen molar-refractivity contribution in [2.24, 2.45) is 0 Å². The zero-order valence-electron chi connectivity index (χ0n) is 13.5. The van der Waals surface area contributed by atoms with E-state index in [0.717, 1.165) is 10.4 Å². The fraction of sp³-hybridized carbons (Fsp3) is 0.250. The second-order valence-electron chi connectivity index (χ2n) is 5.13. The van der Waals surface area contributed by atoms with Crippen molar-refractivity contribution in [1.29, 1.82) is 0 Å². The standard InChI is InChI=1S/C16H16N4O3S/c1-4-20-9(2)7-12(19-20)14(21)18-16-17-11-6-5-10(15(22)23-3)8-13(11)24-16/h5-8H,4H2,1-3H3,(H,17,18,21). The number of hydrogen-bond acceptors (Lipinski definition) is 6. The molecule has 0 fully saturated rings. The number of carbonyl (C=O) groups is 2. The summed E-state index contributed by atoms with van der Waals surface area (Å²) in [6.07, 6.45) is 0. The van der Waals surface area contributed by atoms with Crippen molar-refractivity contribution in [2.75, 3.05) is 12.4 Å². The number of aromatic nitrogens is 3. The van der Waals surface area contributed by atoms with Gasteiger partial charge < -0.3 is 4.74 Å². The summed E-state index contributed by atoms with van der Waals surface area (Å²) in [7, 11) is 1.34. The number of hydrogen-bond donors (Lipinski definition) is 1. The molecule has 1 N–H and O–H groups in total. The van der Waals surface area contributed by atoms with Crippen molar-refractivity contribution in [1.82, 2.24) is 14.8 Å². The van der Waals surface area contributed by atoms with Gasteiger partial charge in [0, 0.05) is 12.2 Å². The van der Waals surface area contributed by atoms with E-state index in [0.29, 0.717) is 28.5 Å². The average molecular weight is 344 g/mol. The number of ether oxygens (including phenoxy) is 1. The van der Waals surface area contributed by atoms with Crippen LogP contribution in [-0.2, 0) is 11.3 Å². The van der Waals surface area contributed by atoms with Gasteiger partial charge in [-0.15, -0.1) is 0 Å². The van der Waals surface area contributed by atoms with Gasteiger partial charge in [0.2, 0.25) is 0 Å². The largest absolute Gasteiger partial charge is 0.465 e. The highest BCUT2D eigenvalue weighted by Crippen LogP contribution is 2.27. The number of esters is 1. The Hall–Kier alpha value is -2.74. The number of benzene rings is 1. The SMILES string of the molecule is CCn1nc(C(=O)Nc2nc3ccc(C(=O)OC)cc3s2)cc1C. The Labute approximate surface area is 142 Å². The predicted octanol–water partition coefficient (Wildman–Crippen LogP) is 2.86. The maximum absolute atomic E-state index is 12.3. The summed E-state index contributed by atoms with van der Waals surface area (Å²) >= 11 is 1.29. The van der Waals surface area contributed by atoms with Crippen LogP contribution in [0.5, 0.6) is 0 Å². The first-order chi connectivity index (χ1) is 11.5. The van der Waals surface area contributed by atoms with Crippen molar-refractivity contribution in [3.05, 3.63) is 41.2 Å². The third-order valence-electron chi connectivity index (χ3n) is 3.54. The van der Waals surface area contributed by atoms with Crippen molar-refractivity contribution >= 4 is 38.6 Å². The molecule has 1 amide bonds. The van der Waals surface area contributed by atoms with Crippen LogP contribution in [0, 0.1) is 6.92 Å². The highest BCUT2D eigenvalue weighted by Gasteiger charge is 2.15. The predicted molar refractivity (Wildman–Crippen MR) is 91.6 cm³/mol. The number of amides is 1. The van der Waals surface area contributed by atoms with E-state index in [1.165, 1.54) is 18.4 Å². The van der Waals surface area contributed by atoms with Gasteiger partial charge >= 0.3 is 5.97 Å². The Morgan fingerprint density at radius 2 is 2.12 bits per heavy atom. The summed E-state index contributed by atoms with van der Waals surface area (Å²) in [6, 6.07) is 6.81. The Kier molecular flexibility index (Phi) is 4.30. The van der Waals surface area contributed by atoms with Crippen LogP contribution in [-0.4, -0.2) is 33.8 Å². The van der Waals surface area contributed by atoms with Crippen LogP contribution in [0.4, 0.5) is 5.13 Å². The van der Waals surface area contributed by atoms with E-state index in [2.05, 4.69) is 15.4 Å². The lowest BCUT2D eigenvalue weighted by atomic mass is 10.2. The number of nitrogens with one attached hydrogen (secondary N) is 1. The zero-order chi connectivity index (χ0) is 17.3. The quantitative estimate of drug-likeness (QED) is 0.736. The lowest BCUT2D eigenvalue weighted by Crippen LogP contribution is -2.13. The number of thiazole rings is 1. The Morgan fingerprint density at radius 1 is 1.33 bits per heavy atom. The van der Waals surface area contributed by atoms with Crippen molar-refractivity contribution in [3.8, 4) is 0 Å². The Morgan fingerprint density at radius 3 is 2.79 bits per heavy atom. The summed E-state index contributed by atoms with van der Waals surface area (Å²) in [4.78, 5) is 28.2. The van der Waals surface area contributed by atoms with E-state index in [4.69, 9.17) is 4.74 Å². The fourth-order valence-electron chi connectivity index (χ4n) is 2.33. The smallest absolute Gasteiger partial charge is 0.337 e. The Balaban J connectivity index is 1.84. The second kappa shape index (κ2) is 6.40. The van der Waals surface area contributed by atoms with Gasteiger partial charge in [-0.3, -0.25) is 14.8 Å². The zero-order valence-corrected chi connectivity index (χ0v) is 14.3. The number of anilines is 1. The molecule has 3 rings (SSSR count). The van der Waals surface area contributed by atoms with Gasteiger partial charge in [-0.05, 0) is 38.1 Å². The molecule has 0 aliphatic carbocycles. The highest BCUT2D eigenvalue weighted by molar-refractivity contribution is 7.22. The van der Waals surface area contributed by atoms with Gasteiger partial charge in [-0.25, -0.2) is 9.78 Å². The molecule has 24 heavy (non-hydrogen) atoms. The minimum Gasteiger partial charge on any atom is -0.465 e. The van der Waals surface area contributed by atoms with Gasteiger partial charge in [0.1, 0.15) is 0 Å². The molecule has 0 spiro atoms. The number of methoxy groups -OCH3 is 1. The van der Waals surface area contributed by atoms with Crippen molar-refractivity contribution in [3.63, 3.8) is 0 Å². The molecule has 0 atom stereocenters. The monoisotopic (exact) mass is 344 g/mol. The minimum absolute atomic E-state index is 0.308. The van der Waals surface area contributed by atoms with E-state index >= 15 is 0 Å². The van der Waals surface area contributed by atoms with Crippen LogP contribution >= 0.6 is 11.3 Å². The van der Waals surface area contributed by atoms with Crippen LogP contribution in [0.2, 0.25) is 0 Å². The summed E-state index contributed by atoms with van der Waals surface area (Å²) in [6.45, 7) is 4.57. The molecule has 0 bridgehead atoms. The summed E-state index contributed by atoms with van der Waals surface area (Å²) in [5.74, 6) is -0.714. The van der Waals surface area contributed by atoms with E-state index in [-0.39, 0.29) is 5.91 Å². The molecule has 2 aromatic heterocycles. The topological polar surface area (TPSA) is 86.1 Å². The molecule has 1 aromatic carbocycles. The molecule has 124 valence electrons. The fourth-order valence-corrected chi connectivity index (χ4v) is 3.23. The van der Waals surface area contributed by atoms with Gasteiger partial charge in [-0.2, -0.15) is 5.10 Å². The molecule has 0 unspecified atom stereocenters. The van der Waals surface area contributed by atoms with Crippen LogP contribution in [0.15, 0.2) is 24.3 Å². The lowest BCUT2D eigenvalue weighted by Gasteiger charge is -1.98. The number of carbonyl (C=O) groups excluding carboxylic acids is 2. The first kappa shape index (κ1) is 16.1. The van der Waals surface area contributed by atoms with Gasteiger partial charge in [-0.1, -0.05) is 11.3 Å². The van der Waals surface area contributed by atoms with E-state index < -0.39 is 5.97 Å². The number of nitrogens with zero attached hydrogens (tertiary/aromatic N) is 3. The van der Waals surface area contributed by atoms with Crippen LogP contribution in [0.1, 0.15) is 33.5 Å². The minimum atomic E-state index is -0.406. The number of rotatable bonds is 4. The van der Waals surface area contributed by atoms with Gasteiger partial charge in [0.25, 0.3) is 5.91 Å². The van der Waals surface area contributed by atoms with Crippen LogP contribution in [0.3, 0.4) is 0 Å². The van der Waals surface area contributed by atoms with E-state index in [1.807, 2.05) is 13.8 Å². The molecule has 0 saturated carbocycles. The highest BCUT2D eigenvalue weighted by atomic mass is 32.1. The third kappa shape index (κ3) is 3.00. The maximum atomic E-state index is 12.3. The summed E-state index contributed by atoms with van der Waals surface area (Å²) < 4.78 is 7.26. The molecule has 7 nitrogen and oxygen atoms in total. The lowest BCUT2D eigenvalue weighted by molar-refractivity contribution is 0.0601. The van der Waals surface area contributed by atoms with Crippen LogP contribution in [0.25, 0.3) is 10.2 Å². The van der Waals surface area contributed by atoms with E-state index in [9.17, 15) is 9.59 Å². The Bertz CT molecular complexity index is 929. The summed E-state index contributed by atoms with van der Waals surface area (Å²) in [5.41, 5.74) is 2.43. The molecule has 8 heteroatoms. The van der Waals surface area contributed by atoms with E-state index in [1.54, 1.807) is 28.9 Å². The van der Waals surface area contributed by atoms with Crippen LogP contribution < -0.4 is 5.32 Å². The first-order valence-electron chi connectivity index (χ1n) is 7.36. The maximum Gasteiger partial charge on any atom is 0.337 e. The summed E-state index contributed by atoms with van der Waals surface area (Å²) in [5, 5.41) is 7.46. The number of aryl methyl sites for hydroxylation is 2. The average Bonchev–Trinajstić information content (AvgIpc) is 3.15. The molecule has 0 saturated heterocycles. The molecule has 0 aliphatic heterocycles. The molecule has 2 heterocycles. The van der Waals surface area contributed by atoms with Crippen molar-refractivity contribution < 1.29 is 14.3 Å². The van der Waals surface area contributed by atoms with Gasteiger partial charge in [0.15, 0.2) is 10.8 Å². The second-order valence-corrected chi connectivity index (χ2v) is 6.16. The molecule has 3 aromatic rings. The van der Waals surface area contributed by atoms with Gasteiger partial charge in [0.05, 0.1) is 22.9 Å². The normalized spacial score (nSPS) is 10.8. The molecular formula is C16H16N4O3S. The van der Waals surface area contributed by atoms with Crippen molar-refractivity contribution in [2.45, 2.75) is 20.4 Å². The molecule has 0 radical (unpaired) electrons.